The van der Waals surface area contributed by atoms with Gasteiger partial charge in [-0.15, -0.1) is 0 Å². The van der Waals surface area contributed by atoms with E-state index < -0.39 is 6.03 Å². The lowest BCUT2D eigenvalue weighted by atomic mass is 10.1. The van der Waals surface area contributed by atoms with Crippen molar-refractivity contribution in [3.05, 3.63) is 29.6 Å². The van der Waals surface area contributed by atoms with Crippen LogP contribution in [0.25, 0.3) is 0 Å². The lowest BCUT2D eigenvalue weighted by Crippen LogP contribution is -2.25. The summed E-state index contributed by atoms with van der Waals surface area (Å²) in [4.78, 5) is 14.6. The molecule has 0 aliphatic heterocycles. The number of carbonyl (C=O) groups excluding carboxylic acids is 1. The van der Waals surface area contributed by atoms with Crippen molar-refractivity contribution >= 4 is 11.7 Å². The Labute approximate surface area is 88.4 Å². The Bertz CT molecular complexity index is 387. The van der Waals surface area contributed by atoms with Gasteiger partial charge >= 0.3 is 6.03 Å². The lowest BCUT2D eigenvalue weighted by molar-refractivity contribution is 0.249. The zero-order valence-electron chi connectivity index (χ0n) is 8.82. The van der Waals surface area contributed by atoms with Crippen molar-refractivity contribution in [2.75, 3.05) is 0 Å². The predicted molar refractivity (Wildman–Crippen MR) is 58.5 cm³/mol. The minimum atomic E-state index is -0.680. The van der Waals surface area contributed by atoms with Gasteiger partial charge in [0, 0.05) is 6.20 Å². The highest BCUT2D eigenvalue weighted by Crippen LogP contribution is 2.03. The largest absolute Gasteiger partial charge is 0.350 e. The maximum Gasteiger partial charge on any atom is 0.332 e. The van der Waals surface area contributed by atoms with E-state index in [9.17, 15) is 4.79 Å². The van der Waals surface area contributed by atoms with E-state index in [0.717, 1.165) is 12.1 Å². The fourth-order valence-electron chi connectivity index (χ4n) is 1.09. The second kappa shape index (κ2) is 5.09. The smallest absolute Gasteiger partial charge is 0.332 e. The quantitative estimate of drug-likeness (QED) is 0.572. The van der Waals surface area contributed by atoms with Crippen LogP contribution in [-0.4, -0.2) is 16.7 Å². The van der Waals surface area contributed by atoms with Crippen molar-refractivity contribution in [3.8, 4) is 0 Å². The summed E-state index contributed by atoms with van der Waals surface area (Å²) in [5.41, 5.74) is 9.61. The third-order valence-electron chi connectivity index (χ3n) is 1.94. The summed E-state index contributed by atoms with van der Waals surface area (Å²) in [5, 5.41) is 3.80. The molecule has 0 fully saturated rings. The van der Waals surface area contributed by atoms with E-state index in [1.165, 1.54) is 5.56 Å². The molecule has 0 atom stereocenters. The van der Waals surface area contributed by atoms with Crippen molar-refractivity contribution < 1.29 is 4.79 Å². The highest BCUT2D eigenvalue weighted by molar-refractivity contribution is 5.97. The molecule has 15 heavy (non-hydrogen) atoms. The Hall–Kier alpha value is -1.91. The number of urea groups is 1. The van der Waals surface area contributed by atoms with Crippen molar-refractivity contribution in [2.45, 2.75) is 20.3 Å². The fraction of sp³-hybridized carbons (Fsp3) is 0.300. The number of primary amides is 1. The van der Waals surface area contributed by atoms with Gasteiger partial charge in [-0.3, -0.25) is 4.98 Å². The van der Waals surface area contributed by atoms with Crippen LogP contribution in [0, 0.1) is 0 Å². The summed E-state index contributed by atoms with van der Waals surface area (Å²) in [5.74, 6) is 0. The first-order chi connectivity index (χ1) is 7.13. The third kappa shape index (κ3) is 3.38. The van der Waals surface area contributed by atoms with Gasteiger partial charge in [-0.05, 0) is 31.0 Å². The molecular weight excluding hydrogens is 192 g/mol. The highest BCUT2D eigenvalue weighted by atomic mass is 16.2. The number of aryl methyl sites for hydroxylation is 1. The molecule has 3 N–H and O–H groups in total. The number of aromatic nitrogens is 1. The van der Waals surface area contributed by atoms with E-state index in [2.05, 4.69) is 22.4 Å². The van der Waals surface area contributed by atoms with Crippen LogP contribution in [0.3, 0.4) is 0 Å². The Balaban J connectivity index is 2.85. The number of nitrogens with zero attached hydrogens (tertiary/aromatic N) is 2. The first kappa shape index (κ1) is 11.2. The van der Waals surface area contributed by atoms with Crippen molar-refractivity contribution in [3.63, 3.8) is 0 Å². The maximum atomic E-state index is 10.4. The number of amides is 2. The molecule has 0 aliphatic rings. The van der Waals surface area contributed by atoms with Gasteiger partial charge in [-0.25, -0.2) is 10.2 Å². The van der Waals surface area contributed by atoms with E-state index in [1.54, 1.807) is 13.1 Å². The van der Waals surface area contributed by atoms with Crippen molar-refractivity contribution in [2.24, 2.45) is 10.8 Å². The number of nitrogens with two attached hydrogens (primary N) is 1. The second-order valence-corrected chi connectivity index (χ2v) is 3.08. The summed E-state index contributed by atoms with van der Waals surface area (Å²) in [6.07, 6.45) is 2.66. The van der Waals surface area contributed by atoms with Gasteiger partial charge in [0.15, 0.2) is 0 Å². The number of rotatable bonds is 3. The van der Waals surface area contributed by atoms with Gasteiger partial charge in [0.05, 0.1) is 11.4 Å². The number of carbonyl (C=O) groups is 1. The number of hydrogen-bond acceptors (Lipinski definition) is 3. The van der Waals surface area contributed by atoms with Crippen LogP contribution in [0.2, 0.25) is 0 Å². The molecule has 0 unspecified atom stereocenters. The number of hydrazone groups is 1. The summed E-state index contributed by atoms with van der Waals surface area (Å²) in [7, 11) is 0. The average Bonchev–Trinajstić information content (AvgIpc) is 2.26. The summed E-state index contributed by atoms with van der Waals surface area (Å²) < 4.78 is 0. The Kier molecular flexibility index (Phi) is 3.79. The highest BCUT2D eigenvalue weighted by Gasteiger charge is 2.00. The van der Waals surface area contributed by atoms with Crippen molar-refractivity contribution in [1.82, 2.24) is 10.4 Å². The Morgan fingerprint density at radius 3 is 3.00 bits per heavy atom. The molecule has 80 valence electrons. The summed E-state index contributed by atoms with van der Waals surface area (Å²) in [6.45, 7) is 3.82. The van der Waals surface area contributed by atoms with Crippen LogP contribution in [0.5, 0.6) is 0 Å². The van der Waals surface area contributed by atoms with E-state index in [1.807, 2.05) is 12.1 Å². The number of hydrogen-bond donors (Lipinski definition) is 2. The van der Waals surface area contributed by atoms with Crippen LogP contribution in [0.1, 0.15) is 25.1 Å². The van der Waals surface area contributed by atoms with E-state index in [4.69, 9.17) is 5.73 Å². The molecule has 5 heteroatoms. The molecule has 0 radical (unpaired) electrons. The third-order valence-corrected chi connectivity index (χ3v) is 1.94. The molecule has 1 aromatic heterocycles. The van der Waals surface area contributed by atoms with Gasteiger partial charge in [-0.1, -0.05) is 6.92 Å². The number of pyridine rings is 1. The molecular formula is C10H14N4O. The Morgan fingerprint density at radius 1 is 1.67 bits per heavy atom. The summed E-state index contributed by atoms with van der Waals surface area (Å²) in [6, 6.07) is 3.20. The second-order valence-electron chi connectivity index (χ2n) is 3.08. The van der Waals surface area contributed by atoms with Crippen LogP contribution in [-0.2, 0) is 6.42 Å². The normalized spacial score (nSPS) is 11.2. The molecule has 0 saturated heterocycles. The van der Waals surface area contributed by atoms with E-state index in [0.29, 0.717) is 5.71 Å². The molecule has 0 aromatic carbocycles. The molecule has 0 saturated carbocycles. The van der Waals surface area contributed by atoms with Gasteiger partial charge in [0.25, 0.3) is 0 Å². The van der Waals surface area contributed by atoms with Gasteiger partial charge in [0.2, 0.25) is 0 Å². The first-order valence-electron chi connectivity index (χ1n) is 4.68. The molecule has 1 heterocycles. The van der Waals surface area contributed by atoms with Gasteiger partial charge in [0.1, 0.15) is 0 Å². The van der Waals surface area contributed by atoms with Crippen molar-refractivity contribution in [1.29, 1.82) is 0 Å². The molecule has 5 nitrogen and oxygen atoms in total. The standard InChI is InChI=1S/C10H14N4O/c1-3-8-4-5-12-9(6-8)7(2)13-14-10(11)15/h4-6H,3H2,1-2H3,(H3,11,14,15)/b13-7+. The monoisotopic (exact) mass is 206 g/mol. The average molecular weight is 206 g/mol. The maximum absolute atomic E-state index is 10.4. The van der Waals surface area contributed by atoms with Crippen LogP contribution < -0.4 is 11.2 Å². The molecule has 0 aliphatic carbocycles. The van der Waals surface area contributed by atoms with Crippen LogP contribution in [0.4, 0.5) is 4.79 Å². The molecule has 1 aromatic rings. The Morgan fingerprint density at radius 2 is 2.40 bits per heavy atom. The minimum Gasteiger partial charge on any atom is -0.350 e. The van der Waals surface area contributed by atoms with Crippen LogP contribution in [0.15, 0.2) is 23.4 Å². The molecule has 2 amide bonds. The van der Waals surface area contributed by atoms with Gasteiger partial charge < -0.3 is 5.73 Å². The topological polar surface area (TPSA) is 80.4 Å². The predicted octanol–water partition coefficient (Wildman–Crippen LogP) is 1.04. The molecule has 1 rings (SSSR count). The first-order valence-corrected chi connectivity index (χ1v) is 4.68. The summed E-state index contributed by atoms with van der Waals surface area (Å²) >= 11 is 0. The van der Waals surface area contributed by atoms with E-state index in [-0.39, 0.29) is 0 Å². The van der Waals surface area contributed by atoms with Crippen LogP contribution >= 0.6 is 0 Å². The van der Waals surface area contributed by atoms with Gasteiger partial charge in [-0.2, -0.15) is 5.10 Å². The fourth-order valence-corrected chi connectivity index (χ4v) is 1.09. The molecule has 0 bridgehead atoms. The number of nitrogens with one attached hydrogen (secondary N) is 1. The minimum absolute atomic E-state index is 0.629. The zero-order chi connectivity index (χ0) is 11.3. The zero-order valence-corrected chi connectivity index (χ0v) is 8.82. The SMILES string of the molecule is CCc1ccnc(/C(C)=N/NC(N)=O)c1. The lowest BCUT2D eigenvalue weighted by Gasteiger charge is -2.02. The molecule has 0 spiro atoms. The van der Waals surface area contributed by atoms with E-state index >= 15 is 0 Å².